The summed E-state index contributed by atoms with van der Waals surface area (Å²) in [6.45, 7) is 16.5. The van der Waals surface area contributed by atoms with Crippen molar-refractivity contribution < 1.29 is 9.16 Å². The van der Waals surface area contributed by atoms with E-state index in [-0.39, 0.29) is 0 Å². The second-order valence-corrected chi connectivity index (χ2v) is 12.2. The summed E-state index contributed by atoms with van der Waals surface area (Å²) in [5, 5.41) is 3.79. The fraction of sp³-hybridized carbons (Fsp3) is 1.00. The third-order valence-electron chi connectivity index (χ3n) is 4.47. The zero-order chi connectivity index (χ0) is 14.5. The minimum Gasteiger partial charge on any atom is -0.417 e. The molecule has 1 rings (SSSR count). The minimum absolute atomic E-state index is 0.319. The number of unbranched alkanes of at least 4 members (excludes halogenated alkanes) is 1. The van der Waals surface area contributed by atoms with Crippen molar-refractivity contribution >= 4 is 8.32 Å². The van der Waals surface area contributed by atoms with Crippen molar-refractivity contribution in [2.75, 3.05) is 19.8 Å². The molecule has 1 saturated heterocycles. The van der Waals surface area contributed by atoms with Crippen LogP contribution in [-0.2, 0) is 9.16 Å². The predicted molar refractivity (Wildman–Crippen MR) is 84.2 cm³/mol. The van der Waals surface area contributed by atoms with E-state index in [9.17, 15) is 0 Å². The van der Waals surface area contributed by atoms with Gasteiger partial charge in [-0.25, -0.2) is 0 Å². The maximum atomic E-state index is 6.18. The molecule has 4 heteroatoms. The first-order chi connectivity index (χ1) is 8.72. The summed E-state index contributed by atoms with van der Waals surface area (Å²) >= 11 is 0. The van der Waals surface area contributed by atoms with Crippen molar-refractivity contribution in [2.24, 2.45) is 0 Å². The van der Waals surface area contributed by atoms with Crippen LogP contribution in [-0.4, -0.2) is 40.2 Å². The molecule has 0 radical (unpaired) electrons. The zero-order valence-corrected chi connectivity index (χ0v) is 14.7. The van der Waals surface area contributed by atoms with Gasteiger partial charge in [-0.2, -0.15) is 0 Å². The normalized spacial score (nSPS) is 25.6. The molecule has 19 heavy (non-hydrogen) atoms. The summed E-state index contributed by atoms with van der Waals surface area (Å²) in [5.74, 6) is 0. The Morgan fingerprint density at radius 3 is 2.47 bits per heavy atom. The fourth-order valence-corrected chi connectivity index (χ4v) is 3.02. The van der Waals surface area contributed by atoms with Crippen LogP contribution in [0.5, 0.6) is 0 Å². The Kier molecular flexibility index (Phi) is 6.50. The van der Waals surface area contributed by atoms with Crippen LogP contribution < -0.4 is 5.32 Å². The molecule has 1 aliphatic rings. The predicted octanol–water partition coefficient (Wildman–Crippen LogP) is 3.56. The second-order valence-electron chi connectivity index (χ2n) is 7.37. The topological polar surface area (TPSA) is 30.5 Å². The highest BCUT2D eigenvalue weighted by Gasteiger charge is 2.36. The fourth-order valence-electron chi connectivity index (χ4n) is 1.93. The summed E-state index contributed by atoms with van der Waals surface area (Å²) in [7, 11) is -1.55. The van der Waals surface area contributed by atoms with Crippen LogP contribution in [0.25, 0.3) is 0 Å². The Balaban J connectivity index is 2.08. The first kappa shape index (κ1) is 17.1. The van der Waals surface area contributed by atoms with E-state index in [2.05, 4.69) is 46.1 Å². The Bertz CT molecular complexity index is 255. The van der Waals surface area contributed by atoms with Gasteiger partial charge in [-0.05, 0) is 44.3 Å². The van der Waals surface area contributed by atoms with Crippen LogP contribution >= 0.6 is 0 Å². The SMILES string of the molecule is C[C@@H]1CO[C@@H](CCCCO[Si](C)(C)C(C)(C)C)CN1. The van der Waals surface area contributed by atoms with E-state index in [0.717, 1.165) is 32.6 Å². The Labute approximate surface area is 120 Å². The molecule has 0 unspecified atom stereocenters. The molecule has 0 bridgehead atoms. The molecule has 0 aromatic carbocycles. The molecule has 0 aliphatic carbocycles. The van der Waals surface area contributed by atoms with Crippen molar-refractivity contribution in [1.29, 1.82) is 0 Å². The number of ether oxygens (including phenoxy) is 1. The van der Waals surface area contributed by atoms with E-state index in [1.54, 1.807) is 0 Å². The van der Waals surface area contributed by atoms with Crippen LogP contribution in [0.1, 0.15) is 47.0 Å². The van der Waals surface area contributed by atoms with Crippen molar-refractivity contribution in [3.05, 3.63) is 0 Å². The lowest BCUT2D eigenvalue weighted by atomic mass is 10.1. The van der Waals surface area contributed by atoms with Gasteiger partial charge in [-0.15, -0.1) is 0 Å². The summed E-state index contributed by atoms with van der Waals surface area (Å²) in [6, 6.07) is 0.512. The molecule has 1 fully saturated rings. The summed E-state index contributed by atoms with van der Waals surface area (Å²) in [5.41, 5.74) is 0. The molecule has 1 aliphatic heterocycles. The molecule has 3 nitrogen and oxygen atoms in total. The highest BCUT2D eigenvalue weighted by Crippen LogP contribution is 2.36. The van der Waals surface area contributed by atoms with Crippen LogP contribution in [0, 0.1) is 0 Å². The summed E-state index contributed by atoms with van der Waals surface area (Å²) < 4.78 is 12.0. The van der Waals surface area contributed by atoms with Gasteiger partial charge in [0.2, 0.25) is 0 Å². The molecule has 114 valence electrons. The van der Waals surface area contributed by atoms with E-state index >= 15 is 0 Å². The van der Waals surface area contributed by atoms with Crippen molar-refractivity contribution in [3.8, 4) is 0 Å². The molecule has 1 heterocycles. The molecular weight excluding hydrogens is 254 g/mol. The van der Waals surface area contributed by atoms with Gasteiger partial charge in [0.15, 0.2) is 8.32 Å². The second kappa shape index (κ2) is 7.20. The minimum atomic E-state index is -1.55. The molecule has 1 N–H and O–H groups in total. The van der Waals surface area contributed by atoms with Crippen LogP contribution in [0.3, 0.4) is 0 Å². The van der Waals surface area contributed by atoms with Crippen LogP contribution in [0.4, 0.5) is 0 Å². The summed E-state index contributed by atoms with van der Waals surface area (Å²) in [4.78, 5) is 0. The molecule has 0 spiro atoms. The highest BCUT2D eigenvalue weighted by molar-refractivity contribution is 6.74. The average Bonchev–Trinajstić information content (AvgIpc) is 2.29. The Morgan fingerprint density at radius 1 is 1.26 bits per heavy atom. The Morgan fingerprint density at radius 2 is 1.95 bits per heavy atom. The number of nitrogens with one attached hydrogen (secondary N) is 1. The van der Waals surface area contributed by atoms with Gasteiger partial charge < -0.3 is 14.5 Å². The molecule has 0 saturated carbocycles. The first-order valence-electron chi connectivity index (χ1n) is 7.71. The van der Waals surface area contributed by atoms with E-state index in [4.69, 9.17) is 9.16 Å². The average molecular weight is 288 g/mol. The molecule has 0 amide bonds. The molecular formula is C15H33NO2Si. The Hall–Kier alpha value is 0.0969. The van der Waals surface area contributed by atoms with E-state index in [1.807, 2.05) is 0 Å². The number of hydrogen-bond donors (Lipinski definition) is 1. The van der Waals surface area contributed by atoms with Crippen molar-refractivity contribution in [3.63, 3.8) is 0 Å². The standard InChI is InChI=1S/C15H33NO2Si/c1-13-12-17-14(11-16-13)9-7-8-10-18-19(5,6)15(2,3)4/h13-14,16H,7-12H2,1-6H3/t13-,14+/m1/s1. The smallest absolute Gasteiger partial charge is 0.191 e. The van der Waals surface area contributed by atoms with Gasteiger partial charge in [0, 0.05) is 19.2 Å². The highest BCUT2D eigenvalue weighted by atomic mass is 28.4. The molecule has 2 atom stereocenters. The lowest BCUT2D eigenvalue weighted by Gasteiger charge is -2.36. The van der Waals surface area contributed by atoms with Gasteiger partial charge in [-0.3, -0.25) is 0 Å². The molecule has 0 aromatic rings. The maximum Gasteiger partial charge on any atom is 0.191 e. The number of hydrogen-bond acceptors (Lipinski definition) is 3. The third kappa shape index (κ3) is 5.94. The zero-order valence-electron chi connectivity index (χ0n) is 13.7. The van der Waals surface area contributed by atoms with Crippen LogP contribution in [0.2, 0.25) is 18.1 Å². The first-order valence-corrected chi connectivity index (χ1v) is 10.6. The third-order valence-corrected chi connectivity index (χ3v) is 9.00. The van der Waals surface area contributed by atoms with E-state index in [0.29, 0.717) is 17.2 Å². The van der Waals surface area contributed by atoms with Crippen molar-refractivity contribution in [1.82, 2.24) is 5.32 Å². The van der Waals surface area contributed by atoms with Gasteiger partial charge in [0.25, 0.3) is 0 Å². The molecule has 0 aromatic heterocycles. The van der Waals surface area contributed by atoms with Gasteiger partial charge in [0.1, 0.15) is 0 Å². The quantitative estimate of drug-likeness (QED) is 0.598. The number of rotatable bonds is 6. The van der Waals surface area contributed by atoms with E-state index in [1.165, 1.54) is 6.42 Å². The van der Waals surface area contributed by atoms with Gasteiger partial charge >= 0.3 is 0 Å². The summed E-state index contributed by atoms with van der Waals surface area (Å²) in [6.07, 6.45) is 3.92. The van der Waals surface area contributed by atoms with Gasteiger partial charge in [0.05, 0.1) is 12.7 Å². The van der Waals surface area contributed by atoms with Gasteiger partial charge in [-0.1, -0.05) is 20.8 Å². The van der Waals surface area contributed by atoms with E-state index < -0.39 is 8.32 Å². The monoisotopic (exact) mass is 287 g/mol. The van der Waals surface area contributed by atoms with Crippen LogP contribution in [0.15, 0.2) is 0 Å². The number of morpholine rings is 1. The maximum absolute atomic E-state index is 6.18. The largest absolute Gasteiger partial charge is 0.417 e. The lowest BCUT2D eigenvalue weighted by molar-refractivity contribution is 0.00202. The lowest BCUT2D eigenvalue weighted by Crippen LogP contribution is -2.44. The van der Waals surface area contributed by atoms with Crippen molar-refractivity contribution in [2.45, 2.75) is 77.2 Å².